The Kier molecular flexibility index (Phi) is 4.76. The largest absolute Gasteiger partial charge is 0.494 e. The van der Waals surface area contributed by atoms with E-state index in [0.29, 0.717) is 16.8 Å². The number of nitrogens with zero attached hydrogens (tertiary/aromatic N) is 3. The first-order valence-corrected chi connectivity index (χ1v) is 7.13. The molecule has 0 aliphatic carbocycles. The maximum Gasteiger partial charge on any atom is 0.296 e. The van der Waals surface area contributed by atoms with Crippen molar-refractivity contribution in [2.45, 2.75) is 6.92 Å². The highest BCUT2D eigenvalue weighted by atomic mass is 79.9. The summed E-state index contributed by atoms with van der Waals surface area (Å²) in [5.74, 6) is -0.175. The minimum Gasteiger partial charge on any atom is -0.494 e. The number of benzene rings is 1. The highest BCUT2D eigenvalue weighted by Gasteiger charge is 2.20. The van der Waals surface area contributed by atoms with Gasteiger partial charge in [-0.1, -0.05) is 0 Å². The van der Waals surface area contributed by atoms with E-state index in [2.05, 4.69) is 26.3 Å². The van der Waals surface area contributed by atoms with Crippen LogP contribution in [0, 0.1) is 10.1 Å². The first-order valence-electron chi connectivity index (χ1n) is 6.34. The van der Waals surface area contributed by atoms with E-state index >= 15 is 0 Å². The predicted molar refractivity (Wildman–Crippen MR) is 83.1 cm³/mol. The van der Waals surface area contributed by atoms with E-state index in [0.717, 1.165) is 0 Å². The summed E-state index contributed by atoms with van der Waals surface area (Å²) in [5, 5.41) is 17.6. The van der Waals surface area contributed by atoms with Gasteiger partial charge in [0.1, 0.15) is 11.4 Å². The van der Waals surface area contributed by atoms with Gasteiger partial charge < -0.3 is 10.1 Å². The zero-order valence-electron chi connectivity index (χ0n) is 11.9. The molecule has 0 unspecified atom stereocenters. The summed E-state index contributed by atoms with van der Waals surface area (Å²) in [4.78, 5) is 22.7. The molecule has 0 saturated carbocycles. The van der Waals surface area contributed by atoms with Crippen LogP contribution in [-0.2, 0) is 7.05 Å². The lowest BCUT2D eigenvalue weighted by atomic mass is 10.2. The second kappa shape index (κ2) is 6.56. The van der Waals surface area contributed by atoms with E-state index in [1.165, 1.54) is 16.8 Å². The molecule has 9 heteroatoms. The zero-order chi connectivity index (χ0) is 16.3. The predicted octanol–water partition coefficient (Wildman–Crippen LogP) is 2.74. The fraction of sp³-hybridized carbons (Fsp3) is 0.231. The number of carbonyl (C=O) groups excluding carboxylic acids is 1. The van der Waals surface area contributed by atoms with Crippen LogP contribution < -0.4 is 10.1 Å². The number of hydrogen-bond donors (Lipinski definition) is 1. The number of nitrogens with one attached hydrogen (secondary N) is 1. The van der Waals surface area contributed by atoms with Gasteiger partial charge in [-0.15, -0.1) is 0 Å². The Labute approximate surface area is 134 Å². The van der Waals surface area contributed by atoms with Gasteiger partial charge in [0, 0.05) is 13.2 Å². The Morgan fingerprint density at radius 3 is 2.82 bits per heavy atom. The molecule has 0 spiro atoms. The van der Waals surface area contributed by atoms with Crippen molar-refractivity contribution in [3.8, 4) is 5.75 Å². The number of hydrogen-bond acceptors (Lipinski definition) is 5. The monoisotopic (exact) mass is 368 g/mol. The smallest absolute Gasteiger partial charge is 0.296 e. The standard InChI is InChI=1S/C13H13BrN4O4/c1-3-22-8-4-5-10(11(6-8)18(20)21)15-13(19)12-9(14)7-17(2)16-12/h4-7H,3H2,1-2H3,(H,15,19). The third-order valence-electron chi connectivity index (χ3n) is 2.72. The molecule has 1 heterocycles. The number of nitro groups is 1. The van der Waals surface area contributed by atoms with Crippen molar-refractivity contribution in [3.63, 3.8) is 0 Å². The molecular formula is C13H13BrN4O4. The lowest BCUT2D eigenvalue weighted by Gasteiger charge is -2.07. The second-order valence-electron chi connectivity index (χ2n) is 4.32. The van der Waals surface area contributed by atoms with Gasteiger partial charge in [-0.3, -0.25) is 19.6 Å². The minimum absolute atomic E-state index is 0.0796. The summed E-state index contributed by atoms with van der Waals surface area (Å²) in [6.45, 7) is 2.17. The molecule has 0 aliphatic rings. The molecule has 0 radical (unpaired) electrons. The van der Waals surface area contributed by atoms with Gasteiger partial charge in [-0.2, -0.15) is 5.10 Å². The Hall–Kier alpha value is -2.42. The van der Waals surface area contributed by atoms with E-state index in [9.17, 15) is 14.9 Å². The molecule has 1 aromatic heterocycles. The second-order valence-corrected chi connectivity index (χ2v) is 5.18. The van der Waals surface area contributed by atoms with Gasteiger partial charge >= 0.3 is 0 Å². The van der Waals surface area contributed by atoms with Crippen LogP contribution in [0.2, 0.25) is 0 Å². The Morgan fingerprint density at radius 2 is 2.27 bits per heavy atom. The average Bonchev–Trinajstić information content (AvgIpc) is 2.79. The van der Waals surface area contributed by atoms with Crippen molar-refractivity contribution < 1.29 is 14.5 Å². The maximum absolute atomic E-state index is 12.2. The molecule has 0 aliphatic heterocycles. The molecule has 116 valence electrons. The normalized spacial score (nSPS) is 10.3. The number of aryl methyl sites for hydroxylation is 1. The van der Waals surface area contributed by atoms with Crippen molar-refractivity contribution in [2.75, 3.05) is 11.9 Å². The van der Waals surface area contributed by atoms with Crippen molar-refractivity contribution in [1.29, 1.82) is 0 Å². The molecule has 0 saturated heterocycles. The minimum atomic E-state index is -0.578. The van der Waals surface area contributed by atoms with Gasteiger partial charge in [-0.25, -0.2) is 0 Å². The highest BCUT2D eigenvalue weighted by Crippen LogP contribution is 2.29. The van der Waals surface area contributed by atoms with E-state index in [1.54, 1.807) is 26.2 Å². The van der Waals surface area contributed by atoms with Gasteiger partial charge in [0.15, 0.2) is 5.69 Å². The van der Waals surface area contributed by atoms with Gasteiger partial charge in [-0.05, 0) is 35.0 Å². The third kappa shape index (κ3) is 3.42. The van der Waals surface area contributed by atoms with Crippen LogP contribution >= 0.6 is 15.9 Å². The lowest BCUT2D eigenvalue weighted by Crippen LogP contribution is -2.14. The SMILES string of the molecule is CCOc1ccc(NC(=O)c2nn(C)cc2Br)c([N+](=O)[O-])c1. The molecule has 2 rings (SSSR count). The third-order valence-corrected chi connectivity index (χ3v) is 3.30. The molecule has 1 aromatic carbocycles. The molecule has 1 amide bonds. The number of anilines is 1. The average molecular weight is 369 g/mol. The quantitative estimate of drug-likeness (QED) is 0.645. The Bertz CT molecular complexity index is 729. The van der Waals surface area contributed by atoms with Crippen LogP contribution in [0.1, 0.15) is 17.4 Å². The number of ether oxygens (including phenoxy) is 1. The molecule has 8 nitrogen and oxygen atoms in total. The summed E-state index contributed by atoms with van der Waals surface area (Å²) < 4.78 is 7.19. The van der Waals surface area contributed by atoms with Gasteiger partial charge in [0.05, 0.1) is 22.1 Å². The van der Waals surface area contributed by atoms with Crippen LogP contribution in [0.15, 0.2) is 28.9 Å². The molecule has 2 aromatic rings. The summed E-state index contributed by atoms with van der Waals surface area (Å²) >= 11 is 3.21. The number of carbonyl (C=O) groups is 1. The number of amides is 1. The first kappa shape index (κ1) is 16.0. The van der Waals surface area contributed by atoms with Crippen LogP contribution in [-0.4, -0.2) is 27.2 Å². The van der Waals surface area contributed by atoms with Crippen LogP contribution in [0.25, 0.3) is 0 Å². The van der Waals surface area contributed by atoms with Crippen molar-refractivity contribution in [1.82, 2.24) is 9.78 Å². The number of rotatable bonds is 5. The zero-order valence-corrected chi connectivity index (χ0v) is 13.5. The number of halogens is 1. The van der Waals surface area contributed by atoms with Crippen LogP contribution in [0.4, 0.5) is 11.4 Å². The molecular weight excluding hydrogens is 356 g/mol. The number of nitro benzene ring substituents is 1. The van der Waals surface area contributed by atoms with Crippen molar-refractivity contribution in [3.05, 3.63) is 44.7 Å². The van der Waals surface area contributed by atoms with Crippen molar-refractivity contribution >= 4 is 33.2 Å². The number of aromatic nitrogens is 2. The first-order chi connectivity index (χ1) is 10.4. The topological polar surface area (TPSA) is 99.3 Å². The van der Waals surface area contributed by atoms with E-state index < -0.39 is 10.8 Å². The summed E-state index contributed by atoms with van der Waals surface area (Å²) in [6.07, 6.45) is 1.61. The molecule has 0 atom stereocenters. The van der Waals surface area contributed by atoms with Crippen molar-refractivity contribution in [2.24, 2.45) is 7.05 Å². The lowest BCUT2D eigenvalue weighted by molar-refractivity contribution is -0.384. The summed E-state index contributed by atoms with van der Waals surface area (Å²) in [7, 11) is 1.67. The molecule has 0 fully saturated rings. The van der Waals surface area contributed by atoms with Crippen LogP contribution in [0.3, 0.4) is 0 Å². The summed E-state index contributed by atoms with van der Waals surface area (Å²) in [6, 6.07) is 4.25. The van der Waals surface area contributed by atoms with Gasteiger partial charge in [0.25, 0.3) is 11.6 Å². The van der Waals surface area contributed by atoms with Crippen LogP contribution in [0.5, 0.6) is 5.75 Å². The van der Waals surface area contributed by atoms with E-state index in [-0.39, 0.29) is 17.1 Å². The Balaban J connectivity index is 2.30. The molecule has 0 bridgehead atoms. The Morgan fingerprint density at radius 1 is 1.55 bits per heavy atom. The fourth-order valence-corrected chi connectivity index (χ4v) is 2.38. The highest BCUT2D eigenvalue weighted by molar-refractivity contribution is 9.10. The molecule has 22 heavy (non-hydrogen) atoms. The maximum atomic E-state index is 12.2. The fourth-order valence-electron chi connectivity index (χ4n) is 1.82. The summed E-state index contributed by atoms with van der Waals surface area (Å²) in [5.41, 5.74) is -0.0203. The van der Waals surface area contributed by atoms with Gasteiger partial charge in [0.2, 0.25) is 0 Å². The van der Waals surface area contributed by atoms with E-state index in [4.69, 9.17) is 4.74 Å². The van der Waals surface area contributed by atoms with E-state index in [1.807, 2.05) is 0 Å². The molecule has 1 N–H and O–H groups in total.